The van der Waals surface area contributed by atoms with Crippen LogP contribution in [0.5, 0.6) is 5.75 Å². The van der Waals surface area contributed by atoms with Crippen molar-refractivity contribution in [2.75, 3.05) is 0 Å². The molecule has 0 N–H and O–H groups in total. The van der Waals surface area contributed by atoms with E-state index < -0.39 is 11.6 Å². The lowest BCUT2D eigenvalue weighted by Crippen LogP contribution is -2.34. The van der Waals surface area contributed by atoms with Gasteiger partial charge in [-0.1, -0.05) is 69.0 Å². The maximum atomic E-state index is 14.5. The highest BCUT2D eigenvalue weighted by Gasteiger charge is 2.39. The molecule has 3 aliphatic carbocycles. The molecule has 2 aromatic carbocycles. The molecule has 4 atom stereocenters. The fourth-order valence-corrected chi connectivity index (χ4v) is 8.19. The molecule has 0 spiro atoms. The Hall–Kier alpha value is -2.16. The highest BCUT2D eigenvalue weighted by atomic mass is 19.2. The van der Waals surface area contributed by atoms with E-state index in [-0.39, 0.29) is 12.4 Å². The number of ether oxygens (including phenoxy) is 1. The Kier molecular flexibility index (Phi) is 9.80. The average molecular weight is 535 g/mol. The molecule has 0 radical (unpaired) electrons. The maximum absolute atomic E-state index is 14.5. The van der Waals surface area contributed by atoms with Gasteiger partial charge in [0.15, 0.2) is 11.6 Å². The van der Waals surface area contributed by atoms with Crippen LogP contribution in [-0.4, -0.2) is 0 Å². The van der Waals surface area contributed by atoms with E-state index >= 15 is 0 Å². The summed E-state index contributed by atoms with van der Waals surface area (Å²) in [7, 11) is 0. The Morgan fingerprint density at radius 3 is 2.18 bits per heavy atom. The van der Waals surface area contributed by atoms with E-state index in [2.05, 4.69) is 37.8 Å². The van der Waals surface area contributed by atoms with Crippen LogP contribution in [0.15, 0.2) is 49.1 Å². The van der Waals surface area contributed by atoms with Gasteiger partial charge < -0.3 is 4.74 Å². The number of halogens is 2. The molecule has 39 heavy (non-hydrogen) atoms. The first-order valence-corrected chi connectivity index (χ1v) is 15.8. The number of hydrogen-bond acceptors (Lipinski definition) is 1. The second-order valence-electron chi connectivity index (χ2n) is 12.9. The lowest BCUT2D eigenvalue weighted by molar-refractivity contribution is 0.0712. The second kappa shape index (κ2) is 13.5. The number of fused-ring (bicyclic) bond motifs is 1. The summed E-state index contributed by atoms with van der Waals surface area (Å²) >= 11 is 0. The smallest absolute Gasteiger partial charge is 0.200 e. The monoisotopic (exact) mass is 534 g/mol. The minimum atomic E-state index is -0.899. The molecule has 0 aliphatic heterocycles. The van der Waals surface area contributed by atoms with Gasteiger partial charge in [-0.2, -0.15) is 4.39 Å². The predicted molar refractivity (Wildman–Crippen MR) is 157 cm³/mol. The van der Waals surface area contributed by atoms with Crippen LogP contribution in [0.1, 0.15) is 113 Å². The molecular weight excluding hydrogens is 486 g/mol. The molecule has 3 heteroatoms. The Bertz CT molecular complexity index is 1070. The molecule has 0 bridgehead atoms. The molecule has 212 valence electrons. The number of allylic oxidation sites excluding steroid dienone is 1. The minimum Gasteiger partial charge on any atom is -0.486 e. The van der Waals surface area contributed by atoms with E-state index in [1.165, 1.54) is 88.7 Å². The summed E-state index contributed by atoms with van der Waals surface area (Å²) in [5.41, 5.74) is 2.77. The van der Waals surface area contributed by atoms with Crippen LogP contribution in [0.25, 0.3) is 0 Å². The van der Waals surface area contributed by atoms with Gasteiger partial charge in [0, 0.05) is 0 Å². The Balaban J connectivity index is 1.10. The summed E-state index contributed by atoms with van der Waals surface area (Å²) in [6, 6.07) is 11.8. The average Bonchev–Trinajstić information content (AvgIpc) is 2.98. The summed E-state index contributed by atoms with van der Waals surface area (Å²) in [6.07, 6.45) is 19.9. The first-order chi connectivity index (χ1) is 19.1. The summed E-state index contributed by atoms with van der Waals surface area (Å²) < 4.78 is 34.5. The molecule has 2 aromatic rings. The SMILES string of the molecule is C=CCCc1ccc(OCc2ccc(C3CCC4CC(C5CCC(CCC)CC5)CCC4C3)cc2)c(F)c1F. The van der Waals surface area contributed by atoms with Crippen LogP contribution in [0.2, 0.25) is 0 Å². The van der Waals surface area contributed by atoms with Gasteiger partial charge in [0.1, 0.15) is 6.61 Å². The molecule has 0 aromatic heterocycles. The normalized spacial score (nSPS) is 29.0. The summed E-state index contributed by atoms with van der Waals surface area (Å²) in [4.78, 5) is 0. The zero-order chi connectivity index (χ0) is 27.2. The van der Waals surface area contributed by atoms with Crippen LogP contribution in [0.4, 0.5) is 8.78 Å². The minimum absolute atomic E-state index is 0.0261. The lowest BCUT2D eigenvalue weighted by atomic mass is 9.60. The predicted octanol–water partition coefficient (Wildman–Crippen LogP) is 10.6. The third-order valence-corrected chi connectivity index (χ3v) is 10.5. The molecule has 0 amide bonds. The van der Waals surface area contributed by atoms with Crippen molar-refractivity contribution in [3.8, 4) is 5.75 Å². The maximum Gasteiger partial charge on any atom is 0.200 e. The Labute approximate surface area is 235 Å². The summed E-state index contributed by atoms with van der Waals surface area (Å²) in [5, 5.41) is 0. The van der Waals surface area contributed by atoms with E-state index in [9.17, 15) is 8.78 Å². The van der Waals surface area contributed by atoms with Gasteiger partial charge in [-0.05, 0) is 122 Å². The summed E-state index contributed by atoms with van der Waals surface area (Å²) in [6.45, 7) is 6.22. The molecule has 0 heterocycles. The first-order valence-electron chi connectivity index (χ1n) is 15.8. The van der Waals surface area contributed by atoms with Gasteiger partial charge in [0.25, 0.3) is 0 Å². The van der Waals surface area contributed by atoms with Gasteiger partial charge in [-0.25, -0.2) is 4.39 Å². The zero-order valence-electron chi connectivity index (χ0n) is 24.0. The fraction of sp³-hybridized carbons (Fsp3) is 0.611. The molecular formula is C36H48F2O. The van der Waals surface area contributed by atoms with E-state index in [1.807, 2.05) is 0 Å². The number of rotatable bonds is 10. The standard InChI is InChI=1S/C36H48F2O/c1-3-5-7-29-20-21-34(36(38)35(29)37)39-24-26-10-14-28(15-11-26)31-17-19-32-22-30(16-18-33(32)23-31)27-12-8-25(6-4-2)9-13-27/h3,10-11,14-15,20-21,25,27,30-33H,1,4-9,12-13,16-19,22-24H2,2H3. The van der Waals surface area contributed by atoms with Gasteiger partial charge in [0.05, 0.1) is 0 Å². The van der Waals surface area contributed by atoms with Crippen molar-refractivity contribution < 1.29 is 13.5 Å². The Morgan fingerprint density at radius 1 is 0.795 bits per heavy atom. The van der Waals surface area contributed by atoms with Gasteiger partial charge >= 0.3 is 0 Å². The van der Waals surface area contributed by atoms with Crippen LogP contribution in [0.3, 0.4) is 0 Å². The molecule has 0 saturated heterocycles. The van der Waals surface area contributed by atoms with E-state index in [1.54, 1.807) is 12.1 Å². The largest absolute Gasteiger partial charge is 0.486 e. The highest BCUT2D eigenvalue weighted by molar-refractivity contribution is 5.32. The van der Waals surface area contributed by atoms with Crippen molar-refractivity contribution in [3.05, 3.63) is 77.4 Å². The van der Waals surface area contributed by atoms with Crippen molar-refractivity contribution in [3.63, 3.8) is 0 Å². The van der Waals surface area contributed by atoms with Crippen molar-refractivity contribution >= 4 is 0 Å². The van der Waals surface area contributed by atoms with Gasteiger partial charge in [0.2, 0.25) is 5.82 Å². The van der Waals surface area contributed by atoms with Crippen LogP contribution in [0, 0.1) is 41.2 Å². The third-order valence-electron chi connectivity index (χ3n) is 10.5. The van der Waals surface area contributed by atoms with Crippen LogP contribution in [-0.2, 0) is 13.0 Å². The Morgan fingerprint density at radius 2 is 1.46 bits per heavy atom. The van der Waals surface area contributed by atoms with Crippen LogP contribution >= 0.6 is 0 Å². The molecule has 1 nitrogen and oxygen atoms in total. The van der Waals surface area contributed by atoms with Gasteiger partial charge in [-0.15, -0.1) is 6.58 Å². The van der Waals surface area contributed by atoms with Crippen molar-refractivity contribution in [2.24, 2.45) is 29.6 Å². The fourth-order valence-electron chi connectivity index (χ4n) is 8.19. The van der Waals surface area contributed by atoms with E-state index in [0.717, 1.165) is 35.2 Å². The topological polar surface area (TPSA) is 9.23 Å². The molecule has 3 fully saturated rings. The van der Waals surface area contributed by atoms with E-state index in [4.69, 9.17) is 4.74 Å². The van der Waals surface area contributed by atoms with Gasteiger partial charge in [-0.3, -0.25) is 0 Å². The van der Waals surface area contributed by atoms with Crippen LogP contribution < -0.4 is 4.74 Å². The molecule has 4 unspecified atom stereocenters. The number of hydrogen-bond donors (Lipinski definition) is 0. The quantitative estimate of drug-likeness (QED) is 0.275. The molecule has 5 rings (SSSR count). The number of aryl methyl sites for hydroxylation is 1. The molecule has 3 saturated carbocycles. The summed E-state index contributed by atoms with van der Waals surface area (Å²) in [5.74, 6) is 3.76. The first kappa shape index (κ1) is 28.4. The number of benzene rings is 2. The van der Waals surface area contributed by atoms with Crippen molar-refractivity contribution in [1.29, 1.82) is 0 Å². The van der Waals surface area contributed by atoms with Crippen molar-refractivity contribution in [2.45, 2.75) is 109 Å². The van der Waals surface area contributed by atoms with E-state index in [0.29, 0.717) is 24.3 Å². The molecule has 3 aliphatic rings. The highest BCUT2D eigenvalue weighted by Crippen LogP contribution is 2.51. The second-order valence-corrected chi connectivity index (χ2v) is 12.9. The zero-order valence-corrected chi connectivity index (χ0v) is 24.0. The lowest BCUT2D eigenvalue weighted by Gasteiger charge is -2.45. The van der Waals surface area contributed by atoms with Crippen molar-refractivity contribution in [1.82, 2.24) is 0 Å². The third kappa shape index (κ3) is 6.95.